The summed E-state index contributed by atoms with van der Waals surface area (Å²) in [4.78, 5) is 0. The minimum atomic E-state index is 1.36. The van der Waals surface area contributed by atoms with E-state index in [0.29, 0.717) is 0 Å². The van der Waals surface area contributed by atoms with Crippen LogP contribution in [-0.4, -0.2) is 0 Å². The Morgan fingerprint density at radius 2 is 0.600 bits per heavy atom. The van der Waals surface area contributed by atoms with Gasteiger partial charge in [-0.1, -0.05) is 83.5 Å². The van der Waals surface area contributed by atoms with Gasteiger partial charge in [0.25, 0.3) is 0 Å². The average molecular weight is 208 g/mol. The van der Waals surface area contributed by atoms with Gasteiger partial charge < -0.3 is 0 Å². The molecule has 1 aliphatic carbocycles. The minimum Gasteiger partial charge on any atom is -0.0533 e. The molecule has 88 valence electrons. The van der Waals surface area contributed by atoms with Crippen LogP contribution in [0.1, 0.15) is 83.5 Å². The zero-order valence-corrected chi connectivity index (χ0v) is 10.3. The summed E-state index contributed by atoms with van der Waals surface area (Å²) in [6, 6.07) is 0. The van der Waals surface area contributed by atoms with Gasteiger partial charge in [-0.25, -0.2) is 0 Å². The molecule has 0 heteroatoms. The van der Waals surface area contributed by atoms with E-state index in [2.05, 4.69) is 12.8 Å². The molecule has 15 heavy (non-hydrogen) atoms. The molecule has 0 aromatic carbocycles. The Balaban J connectivity index is 2.01. The fourth-order valence-electron chi connectivity index (χ4n) is 2.33. The molecule has 0 atom stereocenters. The van der Waals surface area contributed by atoms with E-state index in [4.69, 9.17) is 0 Å². The molecule has 0 amide bonds. The van der Waals surface area contributed by atoms with Crippen molar-refractivity contribution in [3.63, 3.8) is 0 Å². The summed E-state index contributed by atoms with van der Waals surface area (Å²) in [5, 5.41) is 0. The summed E-state index contributed by atoms with van der Waals surface area (Å²) in [6.07, 6.45) is 23.5. The van der Waals surface area contributed by atoms with Crippen molar-refractivity contribution >= 4 is 0 Å². The molecular formula is C15H28. The lowest BCUT2D eigenvalue weighted by atomic mass is 10.1. The molecule has 1 fully saturated rings. The summed E-state index contributed by atoms with van der Waals surface area (Å²) in [6.45, 7) is 0. The second kappa shape index (κ2) is 10.5. The molecule has 0 aromatic heterocycles. The predicted molar refractivity (Wildman–Crippen MR) is 68.6 cm³/mol. The maximum atomic E-state index is 2.52. The van der Waals surface area contributed by atoms with Gasteiger partial charge in [-0.05, 0) is 12.8 Å². The second-order valence-corrected chi connectivity index (χ2v) is 4.91. The van der Waals surface area contributed by atoms with Crippen LogP contribution in [0.5, 0.6) is 0 Å². The fourth-order valence-corrected chi connectivity index (χ4v) is 2.33. The molecule has 0 spiro atoms. The highest BCUT2D eigenvalue weighted by Gasteiger charge is 1.96. The molecule has 1 rings (SSSR count). The summed E-state index contributed by atoms with van der Waals surface area (Å²) in [7, 11) is 0. The summed E-state index contributed by atoms with van der Waals surface area (Å²) in [5.74, 6) is 0. The van der Waals surface area contributed by atoms with E-state index in [-0.39, 0.29) is 0 Å². The van der Waals surface area contributed by atoms with Crippen molar-refractivity contribution in [3.05, 3.63) is 12.8 Å². The van der Waals surface area contributed by atoms with Crippen LogP contribution in [0.25, 0.3) is 0 Å². The van der Waals surface area contributed by atoms with Crippen LogP contribution in [0, 0.1) is 12.8 Å². The van der Waals surface area contributed by atoms with E-state index in [0.717, 1.165) is 0 Å². The van der Waals surface area contributed by atoms with Gasteiger partial charge in [-0.2, -0.15) is 0 Å². The number of hydrogen-bond donors (Lipinski definition) is 0. The first kappa shape index (κ1) is 13.1. The van der Waals surface area contributed by atoms with Gasteiger partial charge in [0.2, 0.25) is 0 Å². The molecular weight excluding hydrogens is 180 g/mol. The van der Waals surface area contributed by atoms with Crippen LogP contribution in [0.4, 0.5) is 0 Å². The van der Waals surface area contributed by atoms with Crippen molar-refractivity contribution < 1.29 is 0 Å². The van der Waals surface area contributed by atoms with Gasteiger partial charge in [0, 0.05) is 0 Å². The van der Waals surface area contributed by atoms with E-state index < -0.39 is 0 Å². The highest BCUT2D eigenvalue weighted by Crippen LogP contribution is 2.15. The predicted octanol–water partition coefficient (Wildman–Crippen LogP) is 5.48. The van der Waals surface area contributed by atoms with Gasteiger partial charge in [0.05, 0.1) is 0 Å². The molecule has 0 aliphatic heterocycles. The van der Waals surface area contributed by atoms with E-state index >= 15 is 0 Å². The first-order valence-corrected chi connectivity index (χ1v) is 7.13. The molecule has 0 aromatic rings. The van der Waals surface area contributed by atoms with Gasteiger partial charge >= 0.3 is 0 Å². The monoisotopic (exact) mass is 208 g/mol. The van der Waals surface area contributed by atoms with E-state index in [9.17, 15) is 0 Å². The maximum Gasteiger partial charge on any atom is -0.0386 e. The molecule has 0 bridgehead atoms. The third kappa shape index (κ3) is 8.96. The molecule has 1 aliphatic rings. The number of rotatable bonds is 0. The van der Waals surface area contributed by atoms with Crippen LogP contribution in [0.15, 0.2) is 0 Å². The smallest absolute Gasteiger partial charge is 0.0386 e. The minimum absolute atomic E-state index is 1.36. The summed E-state index contributed by atoms with van der Waals surface area (Å²) >= 11 is 0. The zero-order valence-electron chi connectivity index (χ0n) is 10.3. The Morgan fingerprint density at radius 3 is 1.00 bits per heavy atom. The third-order valence-corrected chi connectivity index (χ3v) is 3.38. The van der Waals surface area contributed by atoms with Crippen LogP contribution < -0.4 is 0 Å². The van der Waals surface area contributed by atoms with Crippen LogP contribution in [-0.2, 0) is 0 Å². The molecule has 0 nitrogen and oxygen atoms in total. The van der Waals surface area contributed by atoms with Crippen LogP contribution >= 0.6 is 0 Å². The summed E-state index contributed by atoms with van der Waals surface area (Å²) < 4.78 is 0. The largest absolute Gasteiger partial charge is 0.0533 e. The van der Waals surface area contributed by atoms with Gasteiger partial charge in [0.1, 0.15) is 0 Å². The highest BCUT2D eigenvalue weighted by atomic mass is 14.0. The molecule has 0 unspecified atom stereocenters. The van der Waals surface area contributed by atoms with Crippen molar-refractivity contribution in [2.45, 2.75) is 83.5 Å². The van der Waals surface area contributed by atoms with Crippen molar-refractivity contribution in [1.82, 2.24) is 0 Å². The summed E-state index contributed by atoms with van der Waals surface area (Å²) in [5.41, 5.74) is 0. The third-order valence-electron chi connectivity index (χ3n) is 3.38. The Morgan fingerprint density at radius 1 is 0.333 bits per heavy atom. The molecule has 0 heterocycles. The van der Waals surface area contributed by atoms with Crippen molar-refractivity contribution in [3.8, 4) is 0 Å². The average Bonchev–Trinajstić information content (AvgIpc) is 2.27. The quantitative estimate of drug-likeness (QED) is 0.494. The number of hydrogen-bond acceptors (Lipinski definition) is 0. The second-order valence-electron chi connectivity index (χ2n) is 4.91. The van der Waals surface area contributed by atoms with Gasteiger partial charge in [-0.3, -0.25) is 0 Å². The fraction of sp³-hybridized carbons (Fsp3) is 0.867. The molecule has 2 radical (unpaired) electrons. The standard InChI is InChI=1S/C15H28/c1-2-4-6-8-10-12-14-15-13-11-9-7-5-3-1/h1,12H,2-11,13-15H2. The molecule has 0 saturated heterocycles. The zero-order chi connectivity index (χ0) is 10.6. The van der Waals surface area contributed by atoms with Gasteiger partial charge in [0.15, 0.2) is 0 Å². The van der Waals surface area contributed by atoms with E-state index in [1.54, 1.807) is 0 Å². The Labute approximate surface area is 96.8 Å². The first-order chi connectivity index (χ1) is 7.50. The Hall–Kier alpha value is 0. The van der Waals surface area contributed by atoms with Gasteiger partial charge in [-0.15, -0.1) is 0 Å². The molecule has 0 N–H and O–H groups in total. The topological polar surface area (TPSA) is 0 Å². The normalized spacial score (nSPS) is 24.0. The Bertz CT molecular complexity index is 58.6. The first-order valence-electron chi connectivity index (χ1n) is 7.13. The van der Waals surface area contributed by atoms with Crippen molar-refractivity contribution in [2.24, 2.45) is 0 Å². The lowest BCUT2D eigenvalue weighted by molar-refractivity contribution is 0.586. The highest BCUT2D eigenvalue weighted by molar-refractivity contribution is 4.68. The van der Waals surface area contributed by atoms with Crippen molar-refractivity contribution in [2.75, 3.05) is 0 Å². The SMILES string of the molecule is [CH]1CCCCC[CH]CCCCCCCC1. The van der Waals surface area contributed by atoms with Crippen LogP contribution in [0.3, 0.4) is 0 Å². The lowest BCUT2D eigenvalue weighted by Gasteiger charge is -2.01. The maximum absolute atomic E-state index is 2.52. The molecule has 1 saturated carbocycles. The van der Waals surface area contributed by atoms with Crippen LogP contribution in [0.2, 0.25) is 0 Å². The van der Waals surface area contributed by atoms with E-state index in [1.165, 1.54) is 83.5 Å². The lowest BCUT2D eigenvalue weighted by Crippen LogP contribution is -1.82. The Kier molecular flexibility index (Phi) is 9.16. The van der Waals surface area contributed by atoms with Crippen molar-refractivity contribution in [1.29, 1.82) is 0 Å². The van der Waals surface area contributed by atoms with E-state index in [1.807, 2.05) is 0 Å².